The van der Waals surface area contributed by atoms with Crippen molar-refractivity contribution in [3.63, 3.8) is 0 Å². The molecule has 5 nitrogen and oxygen atoms in total. The Morgan fingerprint density at radius 1 is 0.789 bits per heavy atom. The summed E-state index contributed by atoms with van der Waals surface area (Å²) in [5.74, 6) is 1.49. The van der Waals surface area contributed by atoms with Crippen LogP contribution in [-0.2, 0) is 10.3 Å². The summed E-state index contributed by atoms with van der Waals surface area (Å²) in [7, 11) is 0. The van der Waals surface area contributed by atoms with Crippen LogP contribution in [0.5, 0.6) is 11.5 Å². The number of aliphatic hydroxyl groups is 1. The van der Waals surface area contributed by atoms with Crippen molar-refractivity contribution < 1.29 is 14.6 Å². The van der Waals surface area contributed by atoms with Gasteiger partial charge < -0.3 is 24.8 Å². The van der Waals surface area contributed by atoms with Gasteiger partial charge in [-0.3, -0.25) is 0 Å². The molecule has 0 saturated carbocycles. The molecular formula is C33H34N2O3. The molecule has 1 spiro atoms. The van der Waals surface area contributed by atoms with Gasteiger partial charge in [0.25, 0.3) is 0 Å². The van der Waals surface area contributed by atoms with Gasteiger partial charge in [0, 0.05) is 58.5 Å². The third-order valence-electron chi connectivity index (χ3n) is 7.94. The molecule has 0 fully saturated rings. The van der Waals surface area contributed by atoms with E-state index >= 15 is 0 Å². The zero-order valence-electron chi connectivity index (χ0n) is 22.6. The Kier molecular flexibility index (Phi) is 5.93. The van der Waals surface area contributed by atoms with Gasteiger partial charge in [0.15, 0.2) is 11.9 Å². The number of nitrogens with zero attached hydrogens (tertiary/aromatic N) is 1. The van der Waals surface area contributed by atoms with E-state index in [0.717, 1.165) is 69.5 Å². The van der Waals surface area contributed by atoms with Crippen LogP contribution in [0, 0.1) is 20.8 Å². The lowest BCUT2D eigenvalue weighted by Crippen LogP contribution is -2.33. The molecule has 38 heavy (non-hydrogen) atoms. The van der Waals surface area contributed by atoms with Crippen molar-refractivity contribution in [2.45, 2.75) is 46.5 Å². The summed E-state index contributed by atoms with van der Waals surface area (Å²) in [4.78, 5) is 2.30. The number of ether oxygens (including phenoxy) is 2. The number of rotatable bonds is 5. The summed E-state index contributed by atoms with van der Waals surface area (Å²) >= 11 is 0. The molecule has 0 aromatic heterocycles. The fraction of sp³-hybridized carbons (Fsp3) is 0.273. The summed E-state index contributed by atoms with van der Waals surface area (Å²) in [6.45, 7) is 12.4. The number of nitrogens with one attached hydrogen (secondary N) is 1. The molecule has 4 aromatic carbocycles. The van der Waals surface area contributed by atoms with E-state index < -0.39 is 11.9 Å². The van der Waals surface area contributed by atoms with Gasteiger partial charge in [-0.15, -0.1) is 0 Å². The van der Waals surface area contributed by atoms with Crippen LogP contribution in [0.25, 0.3) is 0 Å². The number of aryl methyl sites for hydroxylation is 3. The number of hydrogen-bond donors (Lipinski definition) is 2. The second kappa shape index (κ2) is 9.19. The van der Waals surface area contributed by atoms with Gasteiger partial charge in [0.05, 0.1) is 0 Å². The first-order chi connectivity index (χ1) is 18.3. The molecule has 2 aliphatic heterocycles. The van der Waals surface area contributed by atoms with E-state index in [9.17, 15) is 5.11 Å². The van der Waals surface area contributed by atoms with Crippen molar-refractivity contribution >= 4 is 17.1 Å². The fourth-order valence-electron chi connectivity index (χ4n) is 5.95. The summed E-state index contributed by atoms with van der Waals surface area (Å²) in [5, 5.41) is 14.7. The van der Waals surface area contributed by atoms with Crippen LogP contribution in [-0.4, -0.2) is 18.2 Å². The molecule has 194 valence electrons. The van der Waals surface area contributed by atoms with Crippen LogP contribution in [0.2, 0.25) is 0 Å². The normalized spacial score (nSPS) is 18.9. The number of aliphatic hydroxyl groups excluding tert-OH is 1. The standard InChI is InChI=1S/C33H34N2O3/c1-6-35(7-2)23-13-14-26-31(18-23)37-30-17-22(5)29(34-28-15-12-20(3)16-21(28)4)19-27(30)33(26)25-11-9-8-10-24(25)32(36)38-33/h8-19,32,34,36H,6-7H2,1-5H3. The zero-order valence-corrected chi connectivity index (χ0v) is 22.6. The minimum Gasteiger partial charge on any atom is -0.456 e. The Bertz CT molecular complexity index is 1540. The molecule has 0 saturated heterocycles. The van der Waals surface area contributed by atoms with Crippen molar-refractivity contribution in [1.29, 1.82) is 0 Å². The Morgan fingerprint density at radius 3 is 2.29 bits per heavy atom. The molecule has 0 bridgehead atoms. The fourth-order valence-corrected chi connectivity index (χ4v) is 5.95. The van der Waals surface area contributed by atoms with Crippen molar-refractivity contribution in [2.75, 3.05) is 23.3 Å². The topological polar surface area (TPSA) is 54.0 Å². The van der Waals surface area contributed by atoms with Crippen LogP contribution >= 0.6 is 0 Å². The van der Waals surface area contributed by atoms with Crippen molar-refractivity contribution in [3.8, 4) is 11.5 Å². The molecule has 2 N–H and O–H groups in total. The molecule has 0 radical (unpaired) electrons. The summed E-state index contributed by atoms with van der Waals surface area (Å²) in [6.07, 6.45) is -1.04. The van der Waals surface area contributed by atoms with Crippen LogP contribution in [0.1, 0.15) is 59.1 Å². The lowest BCUT2D eigenvalue weighted by atomic mass is 9.77. The molecular weight excluding hydrogens is 472 g/mol. The van der Waals surface area contributed by atoms with Crippen LogP contribution < -0.4 is 15.0 Å². The van der Waals surface area contributed by atoms with Crippen LogP contribution in [0.15, 0.2) is 72.8 Å². The average molecular weight is 507 g/mol. The van der Waals surface area contributed by atoms with Gasteiger partial charge >= 0.3 is 0 Å². The predicted octanol–water partition coefficient (Wildman–Crippen LogP) is 7.62. The van der Waals surface area contributed by atoms with Gasteiger partial charge in [-0.05, 0) is 76.1 Å². The highest BCUT2D eigenvalue weighted by Crippen LogP contribution is 2.59. The highest BCUT2D eigenvalue weighted by atomic mass is 16.6. The van der Waals surface area contributed by atoms with Crippen molar-refractivity contribution in [2.24, 2.45) is 0 Å². The van der Waals surface area contributed by atoms with E-state index in [2.05, 4.69) is 99.4 Å². The SMILES string of the molecule is CCN(CC)c1ccc2c(c1)Oc1cc(C)c(Nc3ccc(C)cc3C)cc1C21OC(O)c2ccccc21. The van der Waals surface area contributed by atoms with Crippen LogP contribution in [0.3, 0.4) is 0 Å². The zero-order chi connectivity index (χ0) is 26.6. The monoisotopic (exact) mass is 506 g/mol. The third kappa shape index (κ3) is 3.69. The maximum Gasteiger partial charge on any atom is 0.183 e. The third-order valence-corrected chi connectivity index (χ3v) is 7.94. The molecule has 6 rings (SSSR count). The number of benzene rings is 4. The Hall–Kier alpha value is -3.80. The van der Waals surface area contributed by atoms with Crippen LogP contribution in [0.4, 0.5) is 17.1 Å². The Labute approximate surface area is 224 Å². The first-order valence-corrected chi connectivity index (χ1v) is 13.4. The summed E-state index contributed by atoms with van der Waals surface area (Å²) in [6, 6.07) is 24.9. The second-order valence-corrected chi connectivity index (χ2v) is 10.3. The van der Waals surface area contributed by atoms with Gasteiger partial charge in [-0.25, -0.2) is 0 Å². The Balaban J connectivity index is 1.56. The Morgan fingerprint density at radius 2 is 1.53 bits per heavy atom. The lowest BCUT2D eigenvalue weighted by Gasteiger charge is -2.38. The lowest BCUT2D eigenvalue weighted by molar-refractivity contribution is -0.142. The van der Waals surface area contributed by atoms with E-state index in [1.54, 1.807) is 0 Å². The van der Waals surface area contributed by atoms with E-state index in [0.29, 0.717) is 0 Å². The minimum atomic E-state index is -1.04. The maximum atomic E-state index is 11.1. The minimum absolute atomic E-state index is 0.738. The van der Waals surface area contributed by atoms with Gasteiger partial charge in [0.1, 0.15) is 11.5 Å². The van der Waals surface area contributed by atoms with E-state index in [1.165, 1.54) is 11.1 Å². The second-order valence-electron chi connectivity index (χ2n) is 10.3. The quantitative estimate of drug-likeness (QED) is 0.292. The van der Waals surface area contributed by atoms with E-state index in [1.807, 2.05) is 18.2 Å². The van der Waals surface area contributed by atoms with E-state index in [4.69, 9.17) is 9.47 Å². The van der Waals surface area contributed by atoms with E-state index in [-0.39, 0.29) is 0 Å². The van der Waals surface area contributed by atoms with Gasteiger partial charge in [-0.1, -0.05) is 42.0 Å². The molecule has 0 aliphatic carbocycles. The molecule has 2 unspecified atom stereocenters. The summed E-state index contributed by atoms with van der Waals surface area (Å²) < 4.78 is 13.2. The molecule has 0 amide bonds. The number of hydrogen-bond acceptors (Lipinski definition) is 5. The molecule has 2 atom stereocenters. The van der Waals surface area contributed by atoms with Crippen molar-refractivity contribution in [1.82, 2.24) is 0 Å². The molecule has 4 aromatic rings. The van der Waals surface area contributed by atoms with Crippen molar-refractivity contribution in [3.05, 3.63) is 112 Å². The predicted molar refractivity (Wildman–Crippen MR) is 153 cm³/mol. The first kappa shape index (κ1) is 24.5. The highest BCUT2D eigenvalue weighted by Gasteiger charge is 2.52. The molecule has 2 heterocycles. The highest BCUT2D eigenvalue weighted by molar-refractivity contribution is 5.74. The largest absolute Gasteiger partial charge is 0.456 e. The number of fused-ring (bicyclic) bond motifs is 6. The maximum absolute atomic E-state index is 11.1. The number of anilines is 3. The molecule has 5 heteroatoms. The first-order valence-electron chi connectivity index (χ1n) is 13.4. The summed E-state index contributed by atoms with van der Waals surface area (Å²) in [5.41, 5.74) is 9.11. The van der Waals surface area contributed by atoms with Gasteiger partial charge in [0.2, 0.25) is 0 Å². The smallest absolute Gasteiger partial charge is 0.183 e. The average Bonchev–Trinajstić information content (AvgIpc) is 3.20. The van der Waals surface area contributed by atoms with Gasteiger partial charge in [-0.2, -0.15) is 0 Å². The molecule has 2 aliphatic rings.